The quantitative estimate of drug-likeness (QED) is 0.407. The van der Waals surface area contributed by atoms with Crippen molar-refractivity contribution in [3.8, 4) is 0 Å². The van der Waals surface area contributed by atoms with Crippen molar-refractivity contribution >= 4 is 29.4 Å². The summed E-state index contributed by atoms with van der Waals surface area (Å²) >= 11 is 6.03. The van der Waals surface area contributed by atoms with E-state index in [1.54, 1.807) is 19.1 Å². The highest BCUT2D eigenvalue weighted by atomic mass is 35.5. The van der Waals surface area contributed by atoms with Gasteiger partial charge in [-0.3, -0.25) is 9.59 Å². The number of likely N-dealkylation sites (tertiary alicyclic amines) is 1. The van der Waals surface area contributed by atoms with Crippen LogP contribution in [0, 0.1) is 0 Å². The molecule has 0 aromatic carbocycles. The number of piperidine rings is 1. The minimum absolute atomic E-state index is 0.00960. The predicted molar refractivity (Wildman–Crippen MR) is 119 cm³/mol. The first-order chi connectivity index (χ1) is 14.9. The van der Waals surface area contributed by atoms with E-state index in [9.17, 15) is 14.4 Å². The van der Waals surface area contributed by atoms with Crippen molar-refractivity contribution in [3.05, 3.63) is 23.9 Å². The van der Waals surface area contributed by atoms with E-state index in [0.717, 1.165) is 51.8 Å². The van der Waals surface area contributed by atoms with Crippen LogP contribution in [0.1, 0.15) is 51.9 Å². The van der Waals surface area contributed by atoms with Crippen LogP contribution in [0.5, 0.6) is 0 Å². The Kier molecular flexibility index (Phi) is 8.37. The zero-order valence-corrected chi connectivity index (χ0v) is 18.9. The topological polar surface area (TPSA) is 99.8 Å². The summed E-state index contributed by atoms with van der Waals surface area (Å²) in [4.78, 5) is 38.6. The van der Waals surface area contributed by atoms with Gasteiger partial charge in [0.1, 0.15) is 6.04 Å². The average Bonchev–Trinajstić information content (AvgIpc) is 3.19. The first kappa shape index (κ1) is 23.6. The maximum Gasteiger partial charge on any atom is 0.319 e. The molecule has 2 heterocycles. The largest absolute Gasteiger partial charge is 0.375 e. The Morgan fingerprint density at radius 3 is 2.74 bits per heavy atom. The van der Waals surface area contributed by atoms with Gasteiger partial charge >= 0.3 is 6.03 Å². The molecule has 1 spiro atoms. The monoisotopic (exact) mass is 452 g/mol. The van der Waals surface area contributed by atoms with Crippen molar-refractivity contribution in [1.29, 1.82) is 0 Å². The fourth-order valence-electron chi connectivity index (χ4n) is 4.23. The number of halogens is 1. The van der Waals surface area contributed by atoms with Gasteiger partial charge in [-0.15, -0.1) is 11.6 Å². The van der Waals surface area contributed by atoms with E-state index in [2.05, 4.69) is 16.0 Å². The smallest absolute Gasteiger partial charge is 0.319 e. The molecule has 0 bridgehead atoms. The molecule has 3 rings (SSSR count). The van der Waals surface area contributed by atoms with E-state index in [4.69, 9.17) is 16.3 Å². The van der Waals surface area contributed by atoms with Crippen LogP contribution in [0.2, 0.25) is 0 Å². The number of carbonyl (C=O) groups is 3. The Bertz CT molecular complexity index is 723. The molecular weight excluding hydrogens is 420 g/mol. The lowest BCUT2D eigenvalue weighted by atomic mass is 9.88. The first-order valence-corrected chi connectivity index (χ1v) is 11.6. The van der Waals surface area contributed by atoms with E-state index in [-0.39, 0.29) is 22.8 Å². The fraction of sp³-hybridized carbons (Fsp3) is 0.682. The van der Waals surface area contributed by atoms with Crippen molar-refractivity contribution in [2.24, 2.45) is 0 Å². The minimum atomic E-state index is -0.694. The van der Waals surface area contributed by atoms with Crippen molar-refractivity contribution < 1.29 is 19.1 Å². The molecule has 2 unspecified atom stereocenters. The highest BCUT2D eigenvalue weighted by Gasteiger charge is 2.39. The number of nitrogens with one attached hydrogen (secondary N) is 3. The maximum atomic E-state index is 12.4. The van der Waals surface area contributed by atoms with Crippen LogP contribution in [-0.4, -0.2) is 66.0 Å². The number of nitrogens with zero attached hydrogens (tertiary/aromatic N) is 1. The van der Waals surface area contributed by atoms with Gasteiger partial charge in [-0.05, 0) is 57.6 Å². The molecule has 4 amide bonds. The lowest BCUT2D eigenvalue weighted by molar-refractivity contribution is -0.136. The Morgan fingerprint density at radius 2 is 2.06 bits per heavy atom. The number of ether oxygens (including phenoxy) is 1. The van der Waals surface area contributed by atoms with Gasteiger partial charge in [0, 0.05) is 38.4 Å². The molecule has 9 heteroatoms. The Hall–Kier alpha value is -2.06. The highest BCUT2D eigenvalue weighted by Crippen LogP contribution is 2.35. The maximum absolute atomic E-state index is 12.4. The number of urea groups is 1. The van der Waals surface area contributed by atoms with E-state index >= 15 is 0 Å². The summed E-state index contributed by atoms with van der Waals surface area (Å²) in [6, 6.07) is -1.16. The van der Waals surface area contributed by atoms with E-state index in [1.165, 1.54) is 0 Å². The van der Waals surface area contributed by atoms with E-state index in [1.807, 2.05) is 11.0 Å². The summed E-state index contributed by atoms with van der Waals surface area (Å²) < 4.78 is 5.90. The summed E-state index contributed by atoms with van der Waals surface area (Å²) in [5.74, 6) is -0.164. The molecule has 31 heavy (non-hydrogen) atoms. The van der Waals surface area contributed by atoms with Crippen molar-refractivity contribution in [1.82, 2.24) is 20.9 Å². The summed E-state index contributed by atoms with van der Waals surface area (Å²) in [6.07, 6.45) is 11.2. The van der Waals surface area contributed by atoms with Gasteiger partial charge in [0.2, 0.25) is 11.8 Å². The van der Waals surface area contributed by atoms with E-state index < -0.39 is 12.1 Å². The average molecular weight is 453 g/mol. The second-order valence-electron chi connectivity index (χ2n) is 8.51. The number of amides is 4. The third-order valence-corrected chi connectivity index (χ3v) is 6.40. The van der Waals surface area contributed by atoms with Gasteiger partial charge < -0.3 is 25.6 Å². The highest BCUT2D eigenvalue weighted by molar-refractivity contribution is 6.22. The third kappa shape index (κ3) is 6.97. The van der Waals surface area contributed by atoms with Crippen LogP contribution in [0.15, 0.2) is 23.9 Å². The number of hydrogen-bond donors (Lipinski definition) is 3. The number of alkyl halides is 1. The lowest BCUT2D eigenvalue weighted by Gasteiger charge is -2.38. The van der Waals surface area contributed by atoms with Crippen LogP contribution in [0.3, 0.4) is 0 Å². The van der Waals surface area contributed by atoms with Gasteiger partial charge in [0.25, 0.3) is 0 Å². The second-order valence-corrected chi connectivity index (χ2v) is 9.07. The third-order valence-electron chi connectivity index (χ3n) is 6.10. The number of allylic oxidation sites excluding steroid dienone is 3. The summed E-state index contributed by atoms with van der Waals surface area (Å²) in [7, 11) is 0. The van der Waals surface area contributed by atoms with Gasteiger partial charge in [-0.25, -0.2) is 4.79 Å². The molecule has 1 aliphatic carbocycles. The van der Waals surface area contributed by atoms with E-state index in [0.29, 0.717) is 25.1 Å². The van der Waals surface area contributed by atoms with Gasteiger partial charge in [-0.2, -0.15) is 0 Å². The first-order valence-electron chi connectivity index (χ1n) is 11.2. The molecule has 3 N–H and O–H groups in total. The molecule has 172 valence electrons. The van der Waals surface area contributed by atoms with Crippen LogP contribution in [-0.2, 0) is 14.3 Å². The Labute approximate surface area is 188 Å². The van der Waals surface area contributed by atoms with Crippen LogP contribution >= 0.6 is 11.6 Å². The van der Waals surface area contributed by atoms with Crippen molar-refractivity contribution in [2.75, 3.05) is 26.2 Å². The molecule has 0 aromatic rings. The normalized spacial score (nSPS) is 23.2. The molecule has 3 aliphatic rings. The molecule has 0 radical (unpaired) electrons. The molecule has 0 saturated carbocycles. The van der Waals surface area contributed by atoms with Crippen molar-refractivity contribution in [2.45, 2.75) is 68.9 Å². The molecule has 2 aliphatic heterocycles. The second kappa shape index (κ2) is 11.0. The summed E-state index contributed by atoms with van der Waals surface area (Å²) in [5, 5.41) is 7.90. The lowest BCUT2D eigenvalue weighted by Crippen LogP contribution is -2.48. The summed E-state index contributed by atoms with van der Waals surface area (Å²) in [6.45, 7) is 4.34. The molecule has 2 atom stereocenters. The van der Waals surface area contributed by atoms with Gasteiger partial charge in [-0.1, -0.05) is 6.08 Å². The van der Waals surface area contributed by atoms with Gasteiger partial charge in [0.15, 0.2) is 0 Å². The standard InChI is InChI=1S/C22H33ClN4O4/c1-16(25-21(30)26-18-6-2-5-17(23)15-18)20(29)24-11-3-7-19(28)27-12-9-22(10-13-27)8-4-14-31-22/h2,6,15-17H,3-5,7-14H2,1H3,(H,24,29)(H2,25,26,30). The SMILES string of the molecule is CC(NC(=O)NC1=CC(Cl)CC=C1)C(=O)NCCCC(=O)N1CCC2(CCCO2)CC1. The van der Waals surface area contributed by atoms with Crippen molar-refractivity contribution in [3.63, 3.8) is 0 Å². The zero-order chi connectivity index (χ0) is 22.3. The number of hydrogen-bond acceptors (Lipinski definition) is 4. The zero-order valence-electron chi connectivity index (χ0n) is 18.1. The minimum Gasteiger partial charge on any atom is -0.375 e. The van der Waals surface area contributed by atoms with Crippen LogP contribution in [0.4, 0.5) is 4.79 Å². The van der Waals surface area contributed by atoms with Gasteiger partial charge in [0.05, 0.1) is 11.0 Å². The molecule has 8 nitrogen and oxygen atoms in total. The fourth-order valence-corrected chi connectivity index (χ4v) is 4.47. The van der Waals surface area contributed by atoms with Crippen LogP contribution in [0.25, 0.3) is 0 Å². The molecule has 0 aromatic heterocycles. The Balaban J connectivity index is 1.28. The number of rotatable bonds is 7. The molecule has 2 fully saturated rings. The van der Waals surface area contributed by atoms with Crippen LogP contribution < -0.4 is 16.0 Å². The summed E-state index contributed by atoms with van der Waals surface area (Å²) in [5.41, 5.74) is 0.619. The number of carbonyl (C=O) groups excluding carboxylic acids is 3. The predicted octanol–water partition coefficient (Wildman–Crippen LogP) is 2.19. The molecule has 2 saturated heterocycles. The molecular formula is C22H33ClN4O4. The Morgan fingerprint density at radius 1 is 1.29 bits per heavy atom.